The van der Waals surface area contributed by atoms with Crippen LogP contribution in [0.3, 0.4) is 0 Å². The number of carbonyl (C=O) groups excluding carboxylic acids is 2. The van der Waals surface area contributed by atoms with Gasteiger partial charge in [-0.3, -0.25) is 0 Å². The standard InChI is InChI=1S/C14H25BO6/c1-6-18-12(16)10-11(13(17)19-7-2)21-15(20-10)9-8-14(3,4)5/h10-11H,6-9H2,1-5H3/t10-,11-/m1/s1. The van der Waals surface area contributed by atoms with Crippen LogP contribution in [-0.2, 0) is 28.4 Å². The van der Waals surface area contributed by atoms with Crippen molar-refractivity contribution in [2.75, 3.05) is 13.2 Å². The van der Waals surface area contributed by atoms with Gasteiger partial charge in [-0.1, -0.05) is 20.8 Å². The van der Waals surface area contributed by atoms with Crippen LogP contribution in [-0.4, -0.2) is 44.5 Å². The van der Waals surface area contributed by atoms with Crippen LogP contribution in [0, 0.1) is 5.41 Å². The van der Waals surface area contributed by atoms with Gasteiger partial charge in [0.15, 0.2) is 12.2 Å². The van der Waals surface area contributed by atoms with E-state index in [4.69, 9.17) is 18.8 Å². The lowest BCUT2D eigenvalue weighted by Gasteiger charge is -2.18. The van der Waals surface area contributed by atoms with E-state index in [2.05, 4.69) is 20.8 Å². The average Bonchev–Trinajstić information content (AvgIpc) is 2.80. The minimum Gasteiger partial charge on any atom is -0.464 e. The third-order valence-corrected chi connectivity index (χ3v) is 3.04. The Hall–Kier alpha value is -1.08. The highest BCUT2D eigenvalue weighted by atomic mass is 16.7. The number of ether oxygens (including phenoxy) is 2. The molecular formula is C14H25BO6. The molecule has 0 radical (unpaired) electrons. The molecule has 1 aliphatic rings. The first-order valence-corrected chi connectivity index (χ1v) is 7.42. The Balaban J connectivity index is 2.69. The lowest BCUT2D eigenvalue weighted by Crippen LogP contribution is -2.39. The van der Waals surface area contributed by atoms with Gasteiger partial charge in [0.1, 0.15) is 0 Å². The van der Waals surface area contributed by atoms with Crippen LogP contribution >= 0.6 is 0 Å². The first-order valence-electron chi connectivity index (χ1n) is 7.42. The second-order valence-corrected chi connectivity index (χ2v) is 6.15. The number of hydrogen-bond donors (Lipinski definition) is 0. The molecule has 0 aromatic carbocycles. The molecule has 0 unspecified atom stereocenters. The van der Waals surface area contributed by atoms with Crippen molar-refractivity contribution in [3.05, 3.63) is 0 Å². The second kappa shape index (κ2) is 7.80. The Morgan fingerprint density at radius 3 is 1.76 bits per heavy atom. The molecule has 0 amide bonds. The fourth-order valence-electron chi connectivity index (χ4n) is 2.00. The largest absolute Gasteiger partial charge is 0.464 e. The Kier molecular flexibility index (Phi) is 6.67. The van der Waals surface area contributed by atoms with Gasteiger partial charge in [-0.2, -0.15) is 0 Å². The highest BCUT2D eigenvalue weighted by Gasteiger charge is 2.48. The zero-order valence-corrected chi connectivity index (χ0v) is 13.5. The predicted molar refractivity (Wildman–Crippen MR) is 77.6 cm³/mol. The molecule has 0 aliphatic carbocycles. The van der Waals surface area contributed by atoms with Crippen LogP contribution in [0.2, 0.25) is 6.32 Å². The fourth-order valence-corrected chi connectivity index (χ4v) is 2.00. The summed E-state index contributed by atoms with van der Waals surface area (Å²) in [5.41, 5.74) is 0.119. The van der Waals surface area contributed by atoms with Crippen molar-refractivity contribution in [2.45, 2.75) is 59.6 Å². The lowest BCUT2D eigenvalue weighted by atomic mass is 9.76. The zero-order chi connectivity index (χ0) is 16.0. The molecule has 21 heavy (non-hydrogen) atoms. The fraction of sp³-hybridized carbons (Fsp3) is 0.857. The van der Waals surface area contributed by atoms with E-state index in [0.29, 0.717) is 6.32 Å². The van der Waals surface area contributed by atoms with Crippen molar-refractivity contribution in [3.63, 3.8) is 0 Å². The SMILES string of the molecule is CCOC(=O)[C@@H]1OB(CCC(C)(C)C)O[C@H]1C(=O)OCC. The first-order chi connectivity index (χ1) is 9.78. The summed E-state index contributed by atoms with van der Waals surface area (Å²) < 4.78 is 21.0. The summed E-state index contributed by atoms with van der Waals surface area (Å²) >= 11 is 0. The molecule has 1 fully saturated rings. The molecule has 1 aliphatic heterocycles. The summed E-state index contributed by atoms with van der Waals surface area (Å²) in [6.07, 6.45) is -0.638. The minimum absolute atomic E-state index is 0.119. The summed E-state index contributed by atoms with van der Waals surface area (Å²) in [5, 5.41) is 0. The Morgan fingerprint density at radius 1 is 1.00 bits per heavy atom. The topological polar surface area (TPSA) is 71.1 Å². The molecule has 7 heteroatoms. The van der Waals surface area contributed by atoms with E-state index in [-0.39, 0.29) is 18.6 Å². The van der Waals surface area contributed by atoms with E-state index in [1.54, 1.807) is 13.8 Å². The molecule has 0 spiro atoms. The summed E-state index contributed by atoms with van der Waals surface area (Å²) in [7, 11) is -0.590. The van der Waals surface area contributed by atoms with Crippen molar-refractivity contribution in [2.24, 2.45) is 5.41 Å². The smallest absolute Gasteiger partial charge is 0.458 e. The molecule has 120 valence electrons. The Labute approximate surface area is 126 Å². The van der Waals surface area contributed by atoms with Crippen LogP contribution in [0.25, 0.3) is 0 Å². The van der Waals surface area contributed by atoms with E-state index in [1.165, 1.54) is 0 Å². The summed E-state index contributed by atoms with van der Waals surface area (Å²) in [5.74, 6) is -1.18. The molecular weight excluding hydrogens is 275 g/mol. The monoisotopic (exact) mass is 300 g/mol. The van der Waals surface area contributed by atoms with Crippen molar-refractivity contribution >= 4 is 19.1 Å². The van der Waals surface area contributed by atoms with E-state index in [9.17, 15) is 9.59 Å². The minimum atomic E-state index is -1.05. The van der Waals surface area contributed by atoms with Crippen molar-refractivity contribution in [1.29, 1.82) is 0 Å². The molecule has 0 bridgehead atoms. The quantitative estimate of drug-likeness (QED) is 0.550. The normalized spacial score (nSPS) is 22.2. The van der Waals surface area contributed by atoms with Crippen LogP contribution < -0.4 is 0 Å². The molecule has 0 N–H and O–H groups in total. The number of esters is 2. The number of hydrogen-bond acceptors (Lipinski definition) is 6. The highest BCUT2D eigenvalue weighted by molar-refractivity contribution is 6.46. The molecule has 0 aromatic rings. The third-order valence-electron chi connectivity index (χ3n) is 3.04. The zero-order valence-electron chi connectivity index (χ0n) is 13.5. The van der Waals surface area contributed by atoms with Crippen LogP contribution in [0.4, 0.5) is 0 Å². The van der Waals surface area contributed by atoms with Crippen molar-refractivity contribution in [3.8, 4) is 0 Å². The van der Waals surface area contributed by atoms with Gasteiger partial charge in [-0.25, -0.2) is 9.59 Å². The van der Waals surface area contributed by atoms with Gasteiger partial charge in [-0.15, -0.1) is 0 Å². The van der Waals surface area contributed by atoms with Gasteiger partial charge >= 0.3 is 19.1 Å². The van der Waals surface area contributed by atoms with Gasteiger partial charge in [0.05, 0.1) is 13.2 Å². The number of carbonyl (C=O) groups is 2. The first kappa shape index (κ1) is 18.0. The predicted octanol–water partition coefficient (Wildman–Crippen LogP) is 1.82. The van der Waals surface area contributed by atoms with E-state index in [0.717, 1.165) is 6.42 Å². The van der Waals surface area contributed by atoms with Crippen molar-refractivity contribution in [1.82, 2.24) is 0 Å². The molecule has 1 rings (SSSR count). The molecule has 6 nitrogen and oxygen atoms in total. The summed E-state index contributed by atoms with van der Waals surface area (Å²) in [4.78, 5) is 23.8. The van der Waals surface area contributed by atoms with E-state index in [1.807, 2.05) is 0 Å². The van der Waals surface area contributed by atoms with Crippen molar-refractivity contribution < 1.29 is 28.4 Å². The van der Waals surface area contributed by atoms with Crippen LogP contribution in [0.1, 0.15) is 41.0 Å². The van der Waals surface area contributed by atoms with Gasteiger partial charge in [0.25, 0.3) is 0 Å². The third kappa shape index (κ3) is 5.67. The lowest BCUT2D eigenvalue weighted by molar-refractivity contribution is -0.163. The van der Waals surface area contributed by atoms with E-state index >= 15 is 0 Å². The van der Waals surface area contributed by atoms with E-state index < -0.39 is 31.3 Å². The molecule has 0 saturated carbocycles. The van der Waals surface area contributed by atoms with Gasteiger partial charge < -0.3 is 18.8 Å². The van der Waals surface area contributed by atoms with Gasteiger partial charge in [0, 0.05) is 0 Å². The van der Waals surface area contributed by atoms with Crippen LogP contribution in [0.15, 0.2) is 0 Å². The van der Waals surface area contributed by atoms with Crippen LogP contribution in [0.5, 0.6) is 0 Å². The molecule has 1 saturated heterocycles. The van der Waals surface area contributed by atoms with Gasteiger partial charge in [0.2, 0.25) is 0 Å². The second-order valence-electron chi connectivity index (χ2n) is 6.15. The Bertz CT molecular complexity index is 339. The Morgan fingerprint density at radius 2 is 1.43 bits per heavy atom. The number of rotatable bonds is 6. The maximum atomic E-state index is 11.9. The summed E-state index contributed by atoms with van der Waals surface area (Å²) in [6, 6.07) is 0. The maximum absolute atomic E-state index is 11.9. The van der Waals surface area contributed by atoms with Gasteiger partial charge in [-0.05, 0) is 32.0 Å². The molecule has 1 heterocycles. The average molecular weight is 300 g/mol. The highest BCUT2D eigenvalue weighted by Crippen LogP contribution is 2.27. The molecule has 2 atom stereocenters. The summed E-state index contributed by atoms with van der Waals surface area (Å²) in [6.45, 7) is 10.2. The molecule has 0 aromatic heterocycles. The maximum Gasteiger partial charge on any atom is 0.458 e.